The van der Waals surface area contributed by atoms with E-state index in [9.17, 15) is 22.0 Å². The number of nitrogens with zero attached hydrogens (tertiary/aromatic N) is 3. The van der Waals surface area contributed by atoms with E-state index in [4.69, 9.17) is 11.6 Å². The van der Waals surface area contributed by atoms with Crippen LogP contribution in [0.1, 0.15) is 16.8 Å². The molecule has 1 saturated heterocycles. The van der Waals surface area contributed by atoms with Gasteiger partial charge in [0, 0.05) is 36.9 Å². The van der Waals surface area contributed by atoms with Crippen LogP contribution in [0.15, 0.2) is 48.8 Å². The molecule has 3 aromatic rings. The number of carbonyl (C=O) groups excluding carboxylic acids is 1. The largest absolute Gasteiger partial charge is 0.364 e. The molecule has 12 heteroatoms. The third kappa shape index (κ3) is 5.65. The molecular formula is C22H22ClF2N5O3S. The number of alkyl halides is 2. The van der Waals surface area contributed by atoms with Gasteiger partial charge in [0.2, 0.25) is 10.0 Å². The second-order valence-corrected chi connectivity index (χ2v) is 10.4. The van der Waals surface area contributed by atoms with Crippen LogP contribution in [0, 0.1) is 0 Å². The van der Waals surface area contributed by atoms with Crippen LogP contribution >= 0.6 is 11.6 Å². The SMILES string of the molecule is Cn1cc(C(=O)Nc2cc(Cl)cc(NS(C)(=O)=O)c2)cc1-c1ccc(N2CCC(F)(F)C2)cn1. The fourth-order valence-electron chi connectivity index (χ4n) is 3.76. The summed E-state index contributed by atoms with van der Waals surface area (Å²) in [5.41, 5.74) is 2.75. The molecule has 2 N–H and O–H groups in total. The summed E-state index contributed by atoms with van der Waals surface area (Å²) in [5, 5.41) is 2.95. The summed E-state index contributed by atoms with van der Waals surface area (Å²) in [6.45, 7) is -0.0547. The number of carbonyl (C=O) groups is 1. The second kappa shape index (κ2) is 8.88. The molecule has 2 aromatic heterocycles. The monoisotopic (exact) mass is 509 g/mol. The number of aromatic nitrogens is 2. The van der Waals surface area contributed by atoms with E-state index in [0.29, 0.717) is 28.3 Å². The third-order valence-corrected chi connectivity index (χ3v) is 6.10. The zero-order valence-electron chi connectivity index (χ0n) is 18.3. The highest BCUT2D eigenvalue weighted by Gasteiger charge is 2.38. The molecule has 3 heterocycles. The number of sulfonamides is 1. The maximum Gasteiger partial charge on any atom is 0.266 e. The van der Waals surface area contributed by atoms with E-state index in [1.807, 2.05) is 0 Å². The second-order valence-electron chi connectivity index (χ2n) is 8.21. The maximum absolute atomic E-state index is 13.5. The Morgan fingerprint density at radius 2 is 1.91 bits per heavy atom. The first-order valence-corrected chi connectivity index (χ1v) is 12.5. The van der Waals surface area contributed by atoms with Crippen molar-refractivity contribution in [2.24, 2.45) is 7.05 Å². The summed E-state index contributed by atoms with van der Waals surface area (Å²) in [6.07, 6.45) is 4.01. The summed E-state index contributed by atoms with van der Waals surface area (Å²) < 4.78 is 54.0. The number of hydrogen-bond acceptors (Lipinski definition) is 5. The predicted molar refractivity (Wildman–Crippen MR) is 128 cm³/mol. The highest BCUT2D eigenvalue weighted by atomic mass is 35.5. The zero-order chi connectivity index (χ0) is 24.7. The number of benzene rings is 1. The number of nitrogens with one attached hydrogen (secondary N) is 2. The van der Waals surface area contributed by atoms with Gasteiger partial charge in [-0.15, -0.1) is 0 Å². The smallest absolute Gasteiger partial charge is 0.266 e. The van der Waals surface area contributed by atoms with Crippen molar-refractivity contribution in [2.75, 3.05) is 34.3 Å². The van der Waals surface area contributed by atoms with Gasteiger partial charge >= 0.3 is 0 Å². The Kier molecular flexibility index (Phi) is 6.26. The molecule has 0 atom stereocenters. The lowest BCUT2D eigenvalue weighted by atomic mass is 10.2. The molecule has 0 aliphatic carbocycles. The fraction of sp³-hybridized carbons (Fsp3) is 0.273. The first-order chi connectivity index (χ1) is 15.9. The van der Waals surface area contributed by atoms with Crippen LogP contribution in [0.2, 0.25) is 5.02 Å². The number of hydrogen-bond donors (Lipinski definition) is 2. The van der Waals surface area contributed by atoms with E-state index < -0.39 is 21.9 Å². The van der Waals surface area contributed by atoms with Crippen LogP contribution in [-0.2, 0) is 17.1 Å². The van der Waals surface area contributed by atoms with Gasteiger partial charge in [-0.3, -0.25) is 14.5 Å². The minimum absolute atomic E-state index is 0.177. The van der Waals surface area contributed by atoms with Crippen molar-refractivity contribution in [2.45, 2.75) is 12.3 Å². The van der Waals surface area contributed by atoms with Gasteiger partial charge < -0.3 is 14.8 Å². The number of halogens is 3. The Hall–Kier alpha value is -3.18. The van der Waals surface area contributed by atoms with Crippen LogP contribution in [0.25, 0.3) is 11.4 Å². The Bertz CT molecular complexity index is 1340. The third-order valence-electron chi connectivity index (χ3n) is 5.27. The first kappa shape index (κ1) is 24.0. The minimum atomic E-state index is -3.51. The molecule has 1 aliphatic heterocycles. The number of rotatable bonds is 6. The molecule has 1 amide bonds. The highest BCUT2D eigenvalue weighted by molar-refractivity contribution is 7.92. The number of aryl methyl sites for hydroxylation is 1. The quantitative estimate of drug-likeness (QED) is 0.519. The summed E-state index contributed by atoms with van der Waals surface area (Å²) in [6, 6.07) is 9.50. The highest BCUT2D eigenvalue weighted by Crippen LogP contribution is 2.31. The molecule has 1 aromatic carbocycles. The minimum Gasteiger partial charge on any atom is -0.364 e. The Morgan fingerprint density at radius 1 is 1.18 bits per heavy atom. The molecule has 1 fully saturated rings. The van der Waals surface area contributed by atoms with Crippen LogP contribution in [0.5, 0.6) is 0 Å². The molecule has 0 saturated carbocycles. The van der Waals surface area contributed by atoms with Crippen molar-refractivity contribution in [3.05, 3.63) is 59.4 Å². The number of amides is 1. The Labute approximate surface area is 200 Å². The lowest BCUT2D eigenvalue weighted by molar-refractivity contribution is 0.0257. The average Bonchev–Trinajstić information content (AvgIpc) is 3.28. The summed E-state index contributed by atoms with van der Waals surface area (Å²) in [7, 11) is -1.75. The normalized spacial score (nSPS) is 15.4. The van der Waals surface area contributed by atoms with Crippen molar-refractivity contribution in [3.8, 4) is 11.4 Å². The summed E-state index contributed by atoms with van der Waals surface area (Å²) in [5.74, 6) is -3.12. The van der Waals surface area contributed by atoms with Crippen LogP contribution in [0.4, 0.5) is 25.8 Å². The van der Waals surface area contributed by atoms with Gasteiger partial charge in [-0.25, -0.2) is 17.2 Å². The fourth-order valence-corrected chi connectivity index (χ4v) is 4.54. The van der Waals surface area contributed by atoms with Gasteiger partial charge in [0.25, 0.3) is 11.8 Å². The summed E-state index contributed by atoms with van der Waals surface area (Å²) in [4.78, 5) is 18.8. The molecule has 0 bridgehead atoms. The van der Waals surface area contributed by atoms with Gasteiger partial charge in [0.15, 0.2) is 0 Å². The maximum atomic E-state index is 13.5. The lowest BCUT2D eigenvalue weighted by Gasteiger charge is -2.18. The summed E-state index contributed by atoms with van der Waals surface area (Å²) >= 11 is 6.05. The van der Waals surface area contributed by atoms with E-state index in [2.05, 4.69) is 15.0 Å². The van der Waals surface area contributed by atoms with Crippen molar-refractivity contribution in [1.29, 1.82) is 0 Å². The first-order valence-electron chi connectivity index (χ1n) is 10.2. The number of pyridine rings is 1. The van der Waals surface area contributed by atoms with Crippen molar-refractivity contribution in [3.63, 3.8) is 0 Å². The van der Waals surface area contributed by atoms with Crippen molar-refractivity contribution in [1.82, 2.24) is 9.55 Å². The average molecular weight is 510 g/mol. The lowest BCUT2D eigenvalue weighted by Crippen LogP contribution is -2.24. The number of anilines is 3. The van der Waals surface area contributed by atoms with E-state index in [1.54, 1.807) is 47.1 Å². The van der Waals surface area contributed by atoms with E-state index >= 15 is 0 Å². The molecule has 1 aliphatic rings. The van der Waals surface area contributed by atoms with E-state index in [1.165, 1.54) is 18.2 Å². The molecule has 4 rings (SSSR count). The molecule has 0 unspecified atom stereocenters. The Balaban J connectivity index is 1.50. The van der Waals surface area contributed by atoms with Gasteiger partial charge in [0.1, 0.15) is 0 Å². The molecule has 34 heavy (non-hydrogen) atoms. The van der Waals surface area contributed by atoms with Crippen molar-refractivity contribution < 1.29 is 22.0 Å². The molecular weight excluding hydrogens is 488 g/mol. The van der Waals surface area contributed by atoms with Gasteiger partial charge in [-0.1, -0.05) is 11.6 Å². The van der Waals surface area contributed by atoms with E-state index in [0.717, 1.165) is 6.26 Å². The Morgan fingerprint density at radius 3 is 2.53 bits per heavy atom. The van der Waals surface area contributed by atoms with Gasteiger partial charge in [-0.05, 0) is 36.4 Å². The molecule has 180 valence electrons. The molecule has 0 radical (unpaired) electrons. The van der Waals surface area contributed by atoms with Crippen molar-refractivity contribution >= 4 is 44.6 Å². The van der Waals surface area contributed by atoms with Crippen LogP contribution in [-0.4, -0.2) is 49.1 Å². The van der Waals surface area contributed by atoms with E-state index in [-0.39, 0.29) is 30.2 Å². The topological polar surface area (TPSA) is 96.3 Å². The van der Waals surface area contributed by atoms with Gasteiger partial charge in [-0.2, -0.15) is 0 Å². The van der Waals surface area contributed by atoms with Crippen LogP contribution < -0.4 is 14.9 Å². The zero-order valence-corrected chi connectivity index (χ0v) is 19.9. The predicted octanol–water partition coefficient (Wildman–Crippen LogP) is 4.21. The molecule has 0 spiro atoms. The van der Waals surface area contributed by atoms with Crippen LogP contribution in [0.3, 0.4) is 0 Å². The van der Waals surface area contributed by atoms with Gasteiger partial charge in [0.05, 0.1) is 47.3 Å². The standard InChI is InChI=1S/C22H22ClF2N5O3S/c1-29-12-14(21(31)27-16-8-15(23)9-17(10-16)28-34(2,32)33)7-20(29)19-4-3-18(11-26-19)30-6-5-22(24,25)13-30/h3-4,7-12,28H,5-6,13H2,1-2H3,(H,27,31). The molecule has 8 nitrogen and oxygen atoms in total.